The van der Waals surface area contributed by atoms with E-state index in [-0.39, 0.29) is 24.3 Å². The average Bonchev–Trinajstić information content (AvgIpc) is 3.09. The molecule has 1 fully saturated rings. The van der Waals surface area contributed by atoms with Crippen LogP contribution in [0.4, 0.5) is 8.78 Å². The van der Waals surface area contributed by atoms with Crippen molar-refractivity contribution in [2.45, 2.75) is 18.5 Å². The predicted molar refractivity (Wildman–Crippen MR) is 70.1 cm³/mol. The van der Waals surface area contributed by atoms with E-state index in [0.29, 0.717) is 12.4 Å². The molecule has 3 rings (SSSR count). The number of hydrogen-bond acceptors (Lipinski definition) is 3. The molecule has 0 radical (unpaired) electrons. The normalized spacial score (nSPS) is 22.4. The van der Waals surface area contributed by atoms with Crippen LogP contribution in [0.5, 0.6) is 0 Å². The number of aliphatic hydroxyl groups is 1. The number of benzene rings is 1. The summed E-state index contributed by atoms with van der Waals surface area (Å²) in [6, 6.07) is 4.18. The molecule has 2 N–H and O–H groups in total. The quantitative estimate of drug-likeness (QED) is 0.899. The van der Waals surface area contributed by atoms with Gasteiger partial charge >= 0.3 is 0 Å². The lowest BCUT2D eigenvalue weighted by Gasteiger charge is -2.15. The molecule has 0 saturated carbocycles. The second kappa shape index (κ2) is 5.30. The molecule has 4 nitrogen and oxygen atoms in total. The van der Waals surface area contributed by atoms with Crippen molar-refractivity contribution in [3.63, 3.8) is 0 Å². The number of aromatic nitrogens is 2. The fraction of sp³-hybridized carbons (Fsp3) is 0.357. The van der Waals surface area contributed by atoms with Gasteiger partial charge in [0.05, 0.1) is 12.2 Å². The molecule has 1 aromatic heterocycles. The van der Waals surface area contributed by atoms with E-state index in [1.165, 1.54) is 12.1 Å². The average molecular weight is 279 g/mol. The molecule has 0 bridgehead atoms. The molecule has 0 aliphatic carbocycles. The third kappa shape index (κ3) is 2.21. The Kier molecular flexibility index (Phi) is 3.50. The first-order valence-corrected chi connectivity index (χ1v) is 6.52. The van der Waals surface area contributed by atoms with Gasteiger partial charge in [-0.3, -0.25) is 0 Å². The van der Waals surface area contributed by atoms with E-state index in [1.54, 1.807) is 12.4 Å². The van der Waals surface area contributed by atoms with Gasteiger partial charge in [-0.1, -0.05) is 6.07 Å². The number of aliphatic hydroxyl groups excluding tert-OH is 1. The molecule has 20 heavy (non-hydrogen) atoms. The SMILES string of the molecule is OC[C@@H]1C[C@H](n2ccnc2-c2cccc(F)c2F)CN1. The first-order chi connectivity index (χ1) is 9.70. The molecular weight excluding hydrogens is 264 g/mol. The minimum atomic E-state index is -0.885. The largest absolute Gasteiger partial charge is 0.395 e. The third-order valence-corrected chi connectivity index (χ3v) is 3.67. The van der Waals surface area contributed by atoms with E-state index in [1.807, 2.05) is 4.57 Å². The Hall–Kier alpha value is -1.79. The lowest BCUT2D eigenvalue weighted by molar-refractivity contribution is 0.253. The van der Waals surface area contributed by atoms with Crippen LogP contribution in [0, 0.1) is 11.6 Å². The molecular formula is C14H15F2N3O. The van der Waals surface area contributed by atoms with Crippen LogP contribution in [0.25, 0.3) is 11.4 Å². The lowest BCUT2D eigenvalue weighted by Crippen LogP contribution is -2.24. The van der Waals surface area contributed by atoms with Crippen molar-refractivity contribution in [1.82, 2.24) is 14.9 Å². The van der Waals surface area contributed by atoms with Crippen molar-refractivity contribution in [3.05, 3.63) is 42.2 Å². The van der Waals surface area contributed by atoms with Crippen LogP contribution in [0.3, 0.4) is 0 Å². The fourth-order valence-electron chi connectivity index (χ4n) is 2.64. The van der Waals surface area contributed by atoms with Crippen LogP contribution >= 0.6 is 0 Å². The molecule has 1 aromatic carbocycles. The lowest BCUT2D eigenvalue weighted by atomic mass is 10.1. The zero-order valence-electron chi connectivity index (χ0n) is 10.8. The fourth-order valence-corrected chi connectivity index (χ4v) is 2.64. The summed E-state index contributed by atoms with van der Waals surface area (Å²) in [5, 5.41) is 12.3. The van der Waals surface area contributed by atoms with Gasteiger partial charge in [-0.05, 0) is 18.6 Å². The highest BCUT2D eigenvalue weighted by molar-refractivity contribution is 5.56. The Morgan fingerprint density at radius 3 is 3.00 bits per heavy atom. The van der Waals surface area contributed by atoms with Crippen LogP contribution in [0.15, 0.2) is 30.6 Å². The monoisotopic (exact) mass is 279 g/mol. The number of halogens is 2. The number of hydrogen-bond donors (Lipinski definition) is 2. The van der Waals surface area contributed by atoms with Gasteiger partial charge in [0, 0.05) is 31.0 Å². The molecule has 106 valence electrons. The summed E-state index contributed by atoms with van der Waals surface area (Å²) in [4.78, 5) is 4.15. The molecule has 2 heterocycles. The molecule has 0 unspecified atom stereocenters. The number of rotatable bonds is 3. The number of nitrogens with one attached hydrogen (secondary N) is 1. The summed E-state index contributed by atoms with van der Waals surface area (Å²) in [6.45, 7) is 0.736. The Morgan fingerprint density at radius 1 is 1.40 bits per heavy atom. The highest BCUT2D eigenvalue weighted by atomic mass is 19.2. The summed E-state index contributed by atoms with van der Waals surface area (Å²) in [6.07, 6.45) is 4.06. The summed E-state index contributed by atoms with van der Waals surface area (Å²) >= 11 is 0. The molecule has 1 aliphatic heterocycles. The molecule has 2 atom stereocenters. The highest BCUT2D eigenvalue weighted by Gasteiger charge is 2.27. The molecule has 2 aromatic rings. The van der Waals surface area contributed by atoms with Crippen LogP contribution in [-0.2, 0) is 0 Å². The minimum Gasteiger partial charge on any atom is -0.395 e. The van der Waals surface area contributed by atoms with Gasteiger partial charge in [0.25, 0.3) is 0 Å². The zero-order chi connectivity index (χ0) is 14.1. The molecule has 1 aliphatic rings. The number of imidazole rings is 1. The Morgan fingerprint density at radius 2 is 2.25 bits per heavy atom. The van der Waals surface area contributed by atoms with E-state index in [9.17, 15) is 8.78 Å². The maximum atomic E-state index is 13.9. The van der Waals surface area contributed by atoms with E-state index in [4.69, 9.17) is 5.11 Å². The summed E-state index contributed by atoms with van der Waals surface area (Å²) in [5.41, 5.74) is 0.155. The standard InChI is InChI=1S/C14H15F2N3O/c15-12-3-1-2-11(13(12)16)14-17-4-5-19(14)10-6-9(8-20)18-7-10/h1-5,9-10,18,20H,6-8H2/t9-,10-/m0/s1. The predicted octanol–water partition coefficient (Wildman–Crippen LogP) is 1.72. The first kappa shape index (κ1) is 13.2. The summed E-state index contributed by atoms with van der Waals surface area (Å²) in [7, 11) is 0. The third-order valence-electron chi connectivity index (χ3n) is 3.67. The smallest absolute Gasteiger partial charge is 0.169 e. The van der Waals surface area contributed by atoms with Crippen molar-refractivity contribution in [3.8, 4) is 11.4 Å². The van der Waals surface area contributed by atoms with Gasteiger partial charge in [0.15, 0.2) is 11.6 Å². The second-order valence-electron chi connectivity index (χ2n) is 4.94. The van der Waals surface area contributed by atoms with Gasteiger partial charge in [-0.15, -0.1) is 0 Å². The van der Waals surface area contributed by atoms with Crippen molar-refractivity contribution >= 4 is 0 Å². The first-order valence-electron chi connectivity index (χ1n) is 6.52. The second-order valence-corrected chi connectivity index (χ2v) is 4.94. The molecule has 6 heteroatoms. The molecule has 0 amide bonds. The number of nitrogens with zero attached hydrogens (tertiary/aromatic N) is 2. The maximum Gasteiger partial charge on any atom is 0.169 e. The van der Waals surface area contributed by atoms with Crippen LogP contribution in [0.1, 0.15) is 12.5 Å². The van der Waals surface area contributed by atoms with E-state index in [0.717, 1.165) is 12.5 Å². The van der Waals surface area contributed by atoms with Crippen LogP contribution < -0.4 is 5.32 Å². The van der Waals surface area contributed by atoms with E-state index >= 15 is 0 Å². The van der Waals surface area contributed by atoms with E-state index in [2.05, 4.69) is 10.3 Å². The van der Waals surface area contributed by atoms with Gasteiger partial charge < -0.3 is 15.0 Å². The maximum absolute atomic E-state index is 13.9. The highest BCUT2D eigenvalue weighted by Crippen LogP contribution is 2.28. The van der Waals surface area contributed by atoms with Gasteiger partial charge in [-0.2, -0.15) is 0 Å². The van der Waals surface area contributed by atoms with Crippen molar-refractivity contribution in [2.24, 2.45) is 0 Å². The Labute approximate surface area is 115 Å². The van der Waals surface area contributed by atoms with Crippen molar-refractivity contribution in [2.75, 3.05) is 13.2 Å². The van der Waals surface area contributed by atoms with E-state index < -0.39 is 11.6 Å². The van der Waals surface area contributed by atoms with Crippen LogP contribution in [-0.4, -0.2) is 33.9 Å². The molecule has 1 saturated heterocycles. The minimum absolute atomic E-state index is 0.0348. The summed E-state index contributed by atoms with van der Waals surface area (Å²) in [5.74, 6) is -1.35. The van der Waals surface area contributed by atoms with Gasteiger partial charge in [-0.25, -0.2) is 13.8 Å². The van der Waals surface area contributed by atoms with Crippen molar-refractivity contribution in [1.29, 1.82) is 0 Å². The summed E-state index contributed by atoms with van der Waals surface area (Å²) < 4.78 is 29.1. The van der Waals surface area contributed by atoms with Gasteiger partial charge in [0.2, 0.25) is 0 Å². The zero-order valence-corrected chi connectivity index (χ0v) is 10.8. The molecule has 0 spiro atoms. The van der Waals surface area contributed by atoms with Crippen LogP contribution in [0.2, 0.25) is 0 Å². The Balaban J connectivity index is 1.96. The van der Waals surface area contributed by atoms with Crippen molar-refractivity contribution < 1.29 is 13.9 Å². The van der Waals surface area contributed by atoms with Gasteiger partial charge in [0.1, 0.15) is 5.82 Å². The Bertz CT molecular complexity index is 614. The topological polar surface area (TPSA) is 50.1 Å².